The maximum atomic E-state index is 13.9. The first-order valence-electron chi connectivity index (χ1n) is 7.97. The topological polar surface area (TPSA) is 95.6 Å². The zero-order valence-corrected chi connectivity index (χ0v) is 15.4. The second-order valence-corrected chi connectivity index (χ2v) is 7.90. The Morgan fingerprint density at radius 2 is 1.55 bits per heavy atom. The Balaban J connectivity index is 2.06. The highest BCUT2D eigenvalue weighted by Crippen LogP contribution is 2.37. The summed E-state index contributed by atoms with van der Waals surface area (Å²) in [5.74, 6) is -2.67. The van der Waals surface area contributed by atoms with Crippen molar-refractivity contribution in [3.63, 3.8) is 0 Å². The lowest BCUT2D eigenvalue weighted by Crippen LogP contribution is -2.69. The van der Waals surface area contributed by atoms with Gasteiger partial charge in [0, 0.05) is 0 Å². The van der Waals surface area contributed by atoms with Crippen LogP contribution in [-0.2, 0) is 14.8 Å². The Morgan fingerprint density at radius 1 is 1.00 bits per heavy atom. The van der Waals surface area contributed by atoms with Crippen molar-refractivity contribution in [2.24, 2.45) is 0 Å². The molecular weight excluding hydrogens is 418 g/mol. The van der Waals surface area contributed by atoms with E-state index in [0.717, 1.165) is 36.4 Å². The Hall–Kier alpha value is -2.99. The van der Waals surface area contributed by atoms with Crippen molar-refractivity contribution in [3.05, 3.63) is 59.9 Å². The molecule has 1 heterocycles. The molecule has 2 aromatic rings. The number of imide groups is 1. The molecule has 2 aromatic carbocycles. The predicted molar refractivity (Wildman–Crippen MR) is 92.7 cm³/mol. The molecule has 154 valence electrons. The molecule has 0 saturated carbocycles. The summed E-state index contributed by atoms with van der Waals surface area (Å²) in [4.78, 5) is 24.4. The van der Waals surface area contributed by atoms with E-state index in [2.05, 4.69) is 0 Å². The maximum Gasteiger partial charge on any atom is 0.435 e. The van der Waals surface area contributed by atoms with E-state index >= 15 is 0 Å². The third-order valence-corrected chi connectivity index (χ3v) is 5.62. The Bertz CT molecular complexity index is 1070. The van der Waals surface area contributed by atoms with E-state index in [1.54, 1.807) is 6.92 Å². The van der Waals surface area contributed by atoms with Crippen LogP contribution in [0.25, 0.3) is 0 Å². The molecular formula is C17H13F4N3O4S. The lowest BCUT2D eigenvalue weighted by molar-refractivity contribution is -0.194. The lowest BCUT2D eigenvalue weighted by atomic mass is 10.1. The molecule has 3 rings (SSSR count). The van der Waals surface area contributed by atoms with Crippen LogP contribution >= 0.6 is 0 Å². The van der Waals surface area contributed by atoms with Crippen LogP contribution in [0.3, 0.4) is 0 Å². The average molecular weight is 431 g/mol. The van der Waals surface area contributed by atoms with Gasteiger partial charge in [-0.15, -0.1) is 0 Å². The van der Waals surface area contributed by atoms with E-state index in [0.29, 0.717) is 5.56 Å². The molecule has 12 heteroatoms. The van der Waals surface area contributed by atoms with Crippen molar-refractivity contribution in [2.45, 2.75) is 23.7 Å². The molecule has 0 unspecified atom stereocenters. The SMILES string of the molecule is Cc1ccc(S(=O)(=O)N[C@@]2(C(F)(F)F)NC(=O)N(c3ccc(F)cc3)C2=O)cc1. The van der Waals surface area contributed by atoms with Crippen molar-refractivity contribution in [1.82, 2.24) is 10.0 Å². The molecule has 1 aliphatic heterocycles. The maximum absolute atomic E-state index is 13.9. The van der Waals surface area contributed by atoms with Crippen LogP contribution in [-0.4, -0.2) is 32.2 Å². The van der Waals surface area contributed by atoms with Gasteiger partial charge in [0.15, 0.2) is 0 Å². The van der Waals surface area contributed by atoms with Gasteiger partial charge in [-0.2, -0.15) is 17.9 Å². The van der Waals surface area contributed by atoms with Gasteiger partial charge in [-0.3, -0.25) is 4.79 Å². The first-order valence-corrected chi connectivity index (χ1v) is 9.45. The number of nitrogens with one attached hydrogen (secondary N) is 2. The van der Waals surface area contributed by atoms with Crippen molar-refractivity contribution in [1.29, 1.82) is 0 Å². The van der Waals surface area contributed by atoms with Gasteiger partial charge in [-0.1, -0.05) is 17.7 Å². The molecule has 0 radical (unpaired) electrons. The zero-order valence-electron chi connectivity index (χ0n) is 14.6. The number of sulfonamides is 1. The number of carbonyl (C=O) groups excluding carboxylic acids is 2. The molecule has 1 aliphatic rings. The van der Waals surface area contributed by atoms with Crippen molar-refractivity contribution < 1.29 is 35.6 Å². The number of halogens is 4. The molecule has 1 fully saturated rings. The summed E-state index contributed by atoms with van der Waals surface area (Å²) in [5.41, 5.74) is -3.64. The first kappa shape index (κ1) is 20.7. The molecule has 0 spiro atoms. The van der Waals surface area contributed by atoms with E-state index in [-0.39, 0.29) is 10.6 Å². The Labute approximate surface area is 162 Å². The summed E-state index contributed by atoms with van der Waals surface area (Å²) in [5, 5.41) is 1.39. The predicted octanol–water partition coefficient (Wildman–Crippen LogP) is 2.43. The molecule has 3 amide bonds. The highest BCUT2D eigenvalue weighted by Gasteiger charge is 2.69. The van der Waals surface area contributed by atoms with Gasteiger partial charge in [0.1, 0.15) is 5.82 Å². The Kier molecular flexibility index (Phi) is 4.87. The molecule has 0 aliphatic carbocycles. The fourth-order valence-electron chi connectivity index (χ4n) is 2.65. The fraction of sp³-hybridized carbons (Fsp3) is 0.176. The number of benzene rings is 2. The molecule has 1 atom stereocenters. The lowest BCUT2D eigenvalue weighted by Gasteiger charge is -2.29. The van der Waals surface area contributed by atoms with Gasteiger partial charge in [0.05, 0.1) is 10.6 Å². The molecule has 0 bridgehead atoms. The van der Waals surface area contributed by atoms with Crippen molar-refractivity contribution in [2.75, 3.05) is 4.90 Å². The van der Waals surface area contributed by atoms with Gasteiger partial charge in [0.2, 0.25) is 10.0 Å². The quantitative estimate of drug-likeness (QED) is 0.574. The number of carbonyl (C=O) groups is 2. The summed E-state index contributed by atoms with van der Waals surface area (Å²) >= 11 is 0. The number of rotatable bonds is 4. The van der Waals surface area contributed by atoms with E-state index in [9.17, 15) is 35.6 Å². The highest BCUT2D eigenvalue weighted by molar-refractivity contribution is 7.89. The minimum absolute atomic E-state index is 0.0879. The number of nitrogens with zero attached hydrogens (tertiary/aromatic N) is 1. The van der Waals surface area contributed by atoms with Gasteiger partial charge in [0.25, 0.3) is 11.6 Å². The molecule has 0 aromatic heterocycles. The van der Waals surface area contributed by atoms with Crippen LogP contribution < -0.4 is 14.9 Å². The van der Waals surface area contributed by atoms with Crippen LogP contribution in [0.4, 0.5) is 28.0 Å². The smallest absolute Gasteiger partial charge is 0.302 e. The molecule has 29 heavy (non-hydrogen) atoms. The van der Waals surface area contributed by atoms with Crippen LogP contribution in [0, 0.1) is 12.7 Å². The monoisotopic (exact) mass is 431 g/mol. The molecule has 7 nitrogen and oxygen atoms in total. The zero-order chi connectivity index (χ0) is 21.6. The van der Waals surface area contributed by atoms with E-state index in [1.165, 1.54) is 22.2 Å². The fourth-order valence-corrected chi connectivity index (χ4v) is 3.92. The van der Waals surface area contributed by atoms with Crippen LogP contribution in [0.15, 0.2) is 53.4 Å². The summed E-state index contributed by atoms with van der Waals surface area (Å²) in [6.07, 6.45) is -5.52. The number of aryl methyl sites for hydroxylation is 1. The van der Waals surface area contributed by atoms with E-state index < -0.39 is 44.5 Å². The van der Waals surface area contributed by atoms with E-state index in [4.69, 9.17) is 0 Å². The van der Waals surface area contributed by atoms with Crippen molar-refractivity contribution >= 4 is 27.6 Å². The highest BCUT2D eigenvalue weighted by atomic mass is 32.2. The molecule has 2 N–H and O–H groups in total. The second kappa shape index (κ2) is 6.81. The third-order valence-electron chi connectivity index (χ3n) is 4.15. The van der Waals surface area contributed by atoms with Gasteiger partial charge in [-0.05, 0) is 43.3 Å². The minimum atomic E-state index is -5.52. The number of hydrogen-bond acceptors (Lipinski definition) is 4. The number of hydrogen-bond donors (Lipinski definition) is 2. The van der Waals surface area contributed by atoms with Crippen molar-refractivity contribution in [3.8, 4) is 0 Å². The molecule has 1 saturated heterocycles. The number of anilines is 1. The van der Waals surface area contributed by atoms with Gasteiger partial charge < -0.3 is 5.32 Å². The first-order chi connectivity index (χ1) is 13.4. The number of alkyl halides is 3. The summed E-state index contributed by atoms with van der Waals surface area (Å²) in [6.45, 7) is 1.64. The van der Waals surface area contributed by atoms with Crippen LogP contribution in [0.2, 0.25) is 0 Å². The summed E-state index contributed by atoms with van der Waals surface area (Å²) in [6, 6.07) is 6.79. The summed E-state index contributed by atoms with van der Waals surface area (Å²) < 4.78 is 80.9. The largest absolute Gasteiger partial charge is 0.435 e. The van der Waals surface area contributed by atoms with Crippen LogP contribution in [0.1, 0.15) is 5.56 Å². The second-order valence-electron chi connectivity index (χ2n) is 6.21. The standard InChI is InChI=1S/C17H13F4N3O4S/c1-10-2-8-13(9-3-10)29(27,28)23-16(17(19,20)21)14(25)24(15(26)22-16)12-6-4-11(18)5-7-12/h2-9,23H,1H3,(H,22,26)/t16-/m0/s1. The normalized spacial score (nSPS) is 20.1. The Morgan fingerprint density at radius 3 is 2.07 bits per heavy atom. The minimum Gasteiger partial charge on any atom is -0.302 e. The summed E-state index contributed by atoms with van der Waals surface area (Å²) in [7, 11) is -4.86. The van der Waals surface area contributed by atoms with Gasteiger partial charge in [-0.25, -0.2) is 22.5 Å². The third kappa shape index (κ3) is 3.56. The average Bonchev–Trinajstić information content (AvgIpc) is 2.87. The number of urea groups is 1. The van der Waals surface area contributed by atoms with Gasteiger partial charge >= 0.3 is 12.2 Å². The van der Waals surface area contributed by atoms with Crippen LogP contribution in [0.5, 0.6) is 0 Å². The van der Waals surface area contributed by atoms with E-state index in [1.807, 2.05) is 0 Å². The number of amides is 3.